The fourth-order valence-electron chi connectivity index (χ4n) is 2.63. The first kappa shape index (κ1) is 28.1. The van der Waals surface area contributed by atoms with Gasteiger partial charge in [0.25, 0.3) is 10.1 Å². The molecule has 17 heteroatoms. The van der Waals surface area contributed by atoms with Gasteiger partial charge in [-0.15, -0.1) is 0 Å². The van der Waals surface area contributed by atoms with Gasteiger partial charge in [0.1, 0.15) is 0 Å². The molecule has 6 N–H and O–H groups in total. The molecule has 0 aliphatic rings. The van der Waals surface area contributed by atoms with Crippen LogP contribution in [0.1, 0.15) is 17.3 Å². The smallest absolute Gasteiger partial charge is 0.335 e. The molecule has 2 aromatic rings. The zero-order valence-corrected chi connectivity index (χ0v) is 20.4. The van der Waals surface area contributed by atoms with E-state index in [0.717, 1.165) is 0 Å². The number of benzene rings is 1. The quantitative estimate of drug-likeness (QED) is 0.157. The van der Waals surface area contributed by atoms with E-state index in [2.05, 4.69) is 30.3 Å². The van der Waals surface area contributed by atoms with Crippen LogP contribution in [0.15, 0.2) is 24.3 Å². The van der Waals surface area contributed by atoms with Crippen molar-refractivity contribution >= 4 is 49.6 Å². The van der Waals surface area contributed by atoms with Crippen LogP contribution < -0.4 is 20.3 Å². The standard InChI is InChI=1S/C18H27N7O8S2/c1-2-34(29,30)20-7-9-25(10-11-26)18-23-16(19-8-12-35(31,32)33)22-17(24-18)21-14-5-3-13(4-6-14)15(27)28/h3-6,20,26H,2,7-12H2,1H3,(H,27,28)(H,31,32,33)(H2,19,21,22,23,24). The minimum Gasteiger partial charge on any atom is -0.478 e. The molecule has 2 rings (SSSR count). The van der Waals surface area contributed by atoms with Gasteiger partial charge in [-0.05, 0) is 31.2 Å². The van der Waals surface area contributed by atoms with Crippen LogP contribution in [0.4, 0.5) is 23.5 Å². The maximum absolute atomic E-state index is 11.7. The van der Waals surface area contributed by atoms with Crippen molar-refractivity contribution in [3.8, 4) is 0 Å². The van der Waals surface area contributed by atoms with Gasteiger partial charge in [0.05, 0.1) is 23.7 Å². The van der Waals surface area contributed by atoms with Crippen LogP contribution in [0.3, 0.4) is 0 Å². The Morgan fingerprint density at radius 3 is 2.23 bits per heavy atom. The van der Waals surface area contributed by atoms with Crippen molar-refractivity contribution in [2.45, 2.75) is 6.92 Å². The summed E-state index contributed by atoms with van der Waals surface area (Å²) >= 11 is 0. The van der Waals surface area contributed by atoms with Gasteiger partial charge in [0.15, 0.2) is 0 Å². The van der Waals surface area contributed by atoms with Crippen molar-refractivity contribution < 1.29 is 36.4 Å². The summed E-state index contributed by atoms with van der Waals surface area (Å²) in [6.07, 6.45) is 0. The largest absolute Gasteiger partial charge is 0.478 e. The van der Waals surface area contributed by atoms with Gasteiger partial charge in [-0.1, -0.05) is 0 Å². The first-order valence-electron chi connectivity index (χ1n) is 10.3. The van der Waals surface area contributed by atoms with Crippen molar-refractivity contribution in [3.05, 3.63) is 29.8 Å². The predicted octanol–water partition coefficient (Wildman–Crippen LogP) is -0.649. The number of nitrogens with zero attached hydrogens (tertiary/aromatic N) is 4. The van der Waals surface area contributed by atoms with Crippen molar-refractivity contribution in [1.29, 1.82) is 0 Å². The highest BCUT2D eigenvalue weighted by molar-refractivity contribution is 7.89. The van der Waals surface area contributed by atoms with Gasteiger partial charge >= 0.3 is 5.97 Å². The number of rotatable bonds is 15. The number of aliphatic hydroxyl groups excluding tert-OH is 1. The second-order valence-corrected chi connectivity index (χ2v) is 10.7. The number of aromatic nitrogens is 3. The molecule has 0 atom stereocenters. The SMILES string of the molecule is CCS(=O)(=O)NCCN(CCO)c1nc(NCCS(=O)(=O)O)nc(Nc2ccc(C(=O)O)cc2)n1. The van der Waals surface area contributed by atoms with E-state index in [1.54, 1.807) is 0 Å². The Morgan fingerprint density at radius 2 is 1.66 bits per heavy atom. The summed E-state index contributed by atoms with van der Waals surface area (Å²) in [5.41, 5.74) is 0.517. The summed E-state index contributed by atoms with van der Waals surface area (Å²) in [6.45, 7) is 1.14. The second-order valence-electron chi connectivity index (χ2n) is 7.01. The minimum absolute atomic E-state index is 0.00418. The Labute approximate surface area is 202 Å². The van der Waals surface area contributed by atoms with Crippen LogP contribution in [-0.4, -0.2) is 96.8 Å². The van der Waals surface area contributed by atoms with Crippen molar-refractivity contribution in [2.24, 2.45) is 0 Å². The second kappa shape index (κ2) is 12.5. The Morgan fingerprint density at radius 1 is 1.00 bits per heavy atom. The average Bonchev–Trinajstić information content (AvgIpc) is 2.78. The molecular formula is C18H27N7O8S2. The molecule has 1 aromatic heterocycles. The highest BCUT2D eigenvalue weighted by Gasteiger charge is 2.16. The van der Waals surface area contributed by atoms with Crippen LogP contribution in [0, 0.1) is 0 Å². The van der Waals surface area contributed by atoms with Gasteiger partial charge < -0.3 is 25.7 Å². The molecule has 0 unspecified atom stereocenters. The summed E-state index contributed by atoms with van der Waals surface area (Å²) in [5.74, 6) is -1.81. The maximum atomic E-state index is 11.7. The van der Waals surface area contributed by atoms with Gasteiger partial charge in [-0.2, -0.15) is 23.4 Å². The van der Waals surface area contributed by atoms with Gasteiger partial charge in [0.2, 0.25) is 27.9 Å². The number of hydrogen-bond donors (Lipinski definition) is 6. The van der Waals surface area contributed by atoms with Crippen LogP contribution in [0.25, 0.3) is 0 Å². The Bertz CT molecular complexity index is 1210. The maximum Gasteiger partial charge on any atom is 0.335 e. The van der Waals surface area contributed by atoms with E-state index in [-0.39, 0.29) is 61.9 Å². The summed E-state index contributed by atoms with van der Waals surface area (Å²) in [6, 6.07) is 5.72. The normalized spacial score (nSPS) is 11.7. The molecule has 0 bridgehead atoms. The molecular weight excluding hydrogens is 506 g/mol. The number of sulfonamides is 1. The lowest BCUT2D eigenvalue weighted by molar-refractivity contribution is 0.0697. The van der Waals surface area contributed by atoms with Gasteiger partial charge in [-0.25, -0.2) is 17.9 Å². The highest BCUT2D eigenvalue weighted by atomic mass is 32.2. The summed E-state index contributed by atoms with van der Waals surface area (Å²) < 4.78 is 56.8. The van der Waals surface area contributed by atoms with Crippen LogP contribution >= 0.6 is 0 Å². The van der Waals surface area contributed by atoms with E-state index in [4.69, 9.17) is 9.66 Å². The molecule has 0 saturated carbocycles. The molecule has 35 heavy (non-hydrogen) atoms. The fraction of sp³-hybridized carbons (Fsp3) is 0.444. The molecule has 0 saturated heterocycles. The molecule has 0 fully saturated rings. The number of anilines is 4. The predicted molar refractivity (Wildman–Crippen MR) is 128 cm³/mol. The van der Waals surface area contributed by atoms with Crippen molar-refractivity contribution in [1.82, 2.24) is 19.7 Å². The van der Waals surface area contributed by atoms with E-state index >= 15 is 0 Å². The third kappa shape index (κ3) is 9.95. The zero-order chi connectivity index (χ0) is 26.1. The molecule has 0 aliphatic heterocycles. The van der Waals surface area contributed by atoms with E-state index in [0.29, 0.717) is 5.69 Å². The molecule has 1 aromatic carbocycles. The Balaban J connectivity index is 2.31. The summed E-state index contributed by atoms with van der Waals surface area (Å²) in [5, 5.41) is 24.0. The summed E-state index contributed by atoms with van der Waals surface area (Å²) in [4.78, 5) is 25.2. The van der Waals surface area contributed by atoms with E-state index in [1.165, 1.54) is 36.1 Å². The molecule has 1 heterocycles. The lowest BCUT2D eigenvalue weighted by Gasteiger charge is -2.22. The highest BCUT2D eigenvalue weighted by Crippen LogP contribution is 2.18. The van der Waals surface area contributed by atoms with Crippen molar-refractivity contribution in [3.63, 3.8) is 0 Å². The number of aliphatic hydroxyl groups is 1. The van der Waals surface area contributed by atoms with Crippen molar-refractivity contribution in [2.75, 3.05) is 59.8 Å². The Kier molecular flexibility index (Phi) is 10.1. The molecule has 0 aliphatic carbocycles. The van der Waals surface area contributed by atoms with Crippen LogP contribution in [-0.2, 0) is 20.1 Å². The topological polar surface area (TPSA) is 224 Å². The monoisotopic (exact) mass is 533 g/mol. The van der Waals surface area contributed by atoms with E-state index in [1.807, 2.05) is 0 Å². The van der Waals surface area contributed by atoms with Crippen LogP contribution in [0.2, 0.25) is 0 Å². The first-order valence-corrected chi connectivity index (χ1v) is 13.6. The van der Waals surface area contributed by atoms with E-state index in [9.17, 15) is 26.7 Å². The lowest BCUT2D eigenvalue weighted by Crippen LogP contribution is -2.38. The molecule has 15 nitrogen and oxygen atoms in total. The van der Waals surface area contributed by atoms with Crippen LogP contribution in [0.5, 0.6) is 0 Å². The number of carboxylic acid groups (broad SMARTS) is 1. The number of carboxylic acids is 1. The lowest BCUT2D eigenvalue weighted by atomic mass is 10.2. The number of aromatic carboxylic acids is 1. The van der Waals surface area contributed by atoms with E-state index < -0.39 is 31.9 Å². The number of carbonyl (C=O) groups is 1. The third-order valence-corrected chi connectivity index (χ3v) is 6.52. The number of nitrogens with one attached hydrogen (secondary N) is 3. The fourth-order valence-corrected chi connectivity index (χ4v) is 3.60. The molecule has 0 radical (unpaired) electrons. The average molecular weight is 534 g/mol. The van der Waals surface area contributed by atoms with Gasteiger partial charge in [0, 0.05) is 31.9 Å². The Hall–Kier alpha value is -3.12. The molecule has 0 spiro atoms. The summed E-state index contributed by atoms with van der Waals surface area (Å²) in [7, 11) is -7.68. The third-order valence-electron chi connectivity index (χ3n) is 4.39. The van der Waals surface area contributed by atoms with Gasteiger partial charge in [-0.3, -0.25) is 4.55 Å². The first-order chi connectivity index (χ1) is 16.4. The minimum atomic E-state index is -4.23. The zero-order valence-electron chi connectivity index (χ0n) is 18.7. The molecule has 194 valence electrons. The number of hydrogen-bond acceptors (Lipinski definition) is 12. The molecule has 0 amide bonds.